The number of anilines is 1. The molecule has 1 unspecified atom stereocenters. The van der Waals surface area contributed by atoms with E-state index in [0.717, 1.165) is 5.69 Å². The Hall–Kier alpha value is -3.16. The number of hydrogen-bond donors (Lipinski definition) is 2. The minimum Gasteiger partial charge on any atom is -0.449 e. The average molecular weight is 344 g/mol. The van der Waals surface area contributed by atoms with Gasteiger partial charge in [-0.3, -0.25) is 14.3 Å². The van der Waals surface area contributed by atoms with Gasteiger partial charge in [0.05, 0.1) is 22.6 Å². The molecule has 0 aliphatic rings. The summed E-state index contributed by atoms with van der Waals surface area (Å²) in [4.78, 5) is 35.4. The van der Waals surface area contributed by atoms with Gasteiger partial charge in [-0.15, -0.1) is 0 Å². The number of carbonyl (C=O) groups is 3. The summed E-state index contributed by atoms with van der Waals surface area (Å²) in [5.74, 6) is -1.71. The molecule has 2 rings (SSSR count). The van der Waals surface area contributed by atoms with Crippen molar-refractivity contribution in [1.82, 2.24) is 9.78 Å². The number of benzene rings is 1. The molecular formula is C17H20N4O4. The summed E-state index contributed by atoms with van der Waals surface area (Å²) < 4.78 is 6.82. The van der Waals surface area contributed by atoms with Gasteiger partial charge in [-0.1, -0.05) is 0 Å². The van der Waals surface area contributed by atoms with Crippen molar-refractivity contribution < 1.29 is 19.1 Å². The topological polar surface area (TPSA) is 116 Å². The van der Waals surface area contributed by atoms with Gasteiger partial charge in [0.1, 0.15) is 0 Å². The molecule has 8 heteroatoms. The van der Waals surface area contributed by atoms with Gasteiger partial charge in [-0.25, -0.2) is 4.79 Å². The lowest BCUT2D eigenvalue weighted by Gasteiger charge is -2.14. The van der Waals surface area contributed by atoms with Gasteiger partial charge >= 0.3 is 5.97 Å². The minimum absolute atomic E-state index is 0.221. The average Bonchev–Trinajstić information content (AvgIpc) is 2.81. The Labute approximate surface area is 145 Å². The number of nitrogens with two attached hydrogens (primary N) is 1. The molecule has 0 saturated heterocycles. The number of aryl methyl sites for hydroxylation is 2. The molecular weight excluding hydrogens is 324 g/mol. The number of carbonyl (C=O) groups excluding carboxylic acids is 3. The van der Waals surface area contributed by atoms with E-state index >= 15 is 0 Å². The third-order valence-electron chi connectivity index (χ3n) is 3.82. The molecule has 0 radical (unpaired) electrons. The molecule has 0 aliphatic carbocycles. The standard InChI is InChI=1S/C17H20N4O4/c1-9-14(10(2)21(4)20-9)19-16(23)11(3)25-17(24)13-7-5-12(6-8-13)15(18)22/h5-8,11H,1-4H3,(H2,18,22)(H,19,23). The lowest BCUT2D eigenvalue weighted by Crippen LogP contribution is -2.30. The van der Waals surface area contributed by atoms with E-state index in [1.54, 1.807) is 18.7 Å². The van der Waals surface area contributed by atoms with Crippen LogP contribution in [0.15, 0.2) is 24.3 Å². The zero-order valence-corrected chi connectivity index (χ0v) is 14.5. The molecule has 2 amide bonds. The molecule has 1 heterocycles. The molecule has 0 fully saturated rings. The van der Waals surface area contributed by atoms with Gasteiger partial charge in [-0.2, -0.15) is 5.10 Å². The highest BCUT2D eigenvalue weighted by Gasteiger charge is 2.21. The van der Waals surface area contributed by atoms with Crippen molar-refractivity contribution in [2.24, 2.45) is 12.8 Å². The van der Waals surface area contributed by atoms with E-state index in [0.29, 0.717) is 11.4 Å². The van der Waals surface area contributed by atoms with E-state index in [1.807, 2.05) is 6.92 Å². The Bertz CT molecular complexity index is 824. The first kappa shape index (κ1) is 18.2. The molecule has 25 heavy (non-hydrogen) atoms. The third-order valence-corrected chi connectivity index (χ3v) is 3.82. The Morgan fingerprint density at radius 3 is 2.20 bits per heavy atom. The molecule has 0 aliphatic heterocycles. The van der Waals surface area contributed by atoms with E-state index < -0.39 is 23.9 Å². The quantitative estimate of drug-likeness (QED) is 0.794. The summed E-state index contributed by atoms with van der Waals surface area (Å²) >= 11 is 0. The monoisotopic (exact) mass is 344 g/mol. The SMILES string of the molecule is Cc1nn(C)c(C)c1NC(=O)C(C)OC(=O)c1ccc(C(N)=O)cc1. The van der Waals surface area contributed by atoms with Crippen LogP contribution in [0.1, 0.15) is 39.0 Å². The first-order valence-corrected chi connectivity index (χ1v) is 7.62. The second kappa shape index (κ2) is 7.16. The molecule has 1 aromatic heterocycles. The maximum atomic E-state index is 12.2. The number of aromatic nitrogens is 2. The summed E-state index contributed by atoms with van der Waals surface area (Å²) in [5, 5.41) is 6.93. The molecule has 0 spiro atoms. The first-order valence-electron chi connectivity index (χ1n) is 7.62. The normalized spacial score (nSPS) is 11.7. The van der Waals surface area contributed by atoms with E-state index in [-0.39, 0.29) is 11.1 Å². The smallest absolute Gasteiger partial charge is 0.338 e. The van der Waals surface area contributed by atoms with Crippen molar-refractivity contribution in [1.29, 1.82) is 0 Å². The summed E-state index contributed by atoms with van der Waals surface area (Å²) in [5.41, 5.74) is 7.72. The molecule has 132 valence electrons. The molecule has 1 atom stereocenters. The van der Waals surface area contributed by atoms with Crippen molar-refractivity contribution in [3.8, 4) is 0 Å². The fourth-order valence-corrected chi connectivity index (χ4v) is 2.23. The summed E-state index contributed by atoms with van der Waals surface area (Å²) in [6.07, 6.45) is -0.998. The third kappa shape index (κ3) is 4.03. The van der Waals surface area contributed by atoms with Crippen molar-refractivity contribution in [2.45, 2.75) is 26.9 Å². The van der Waals surface area contributed by atoms with E-state index in [2.05, 4.69) is 10.4 Å². The van der Waals surface area contributed by atoms with Crippen LogP contribution in [0.4, 0.5) is 5.69 Å². The number of primary amides is 1. The van der Waals surface area contributed by atoms with Gasteiger partial charge in [0, 0.05) is 12.6 Å². The number of rotatable bonds is 5. The maximum absolute atomic E-state index is 12.2. The number of nitrogens with zero attached hydrogens (tertiary/aromatic N) is 2. The lowest BCUT2D eigenvalue weighted by atomic mass is 10.1. The molecule has 0 saturated carbocycles. The number of esters is 1. The van der Waals surface area contributed by atoms with E-state index in [4.69, 9.17) is 10.5 Å². The number of hydrogen-bond acceptors (Lipinski definition) is 5. The summed E-state index contributed by atoms with van der Waals surface area (Å²) in [6, 6.07) is 5.68. The molecule has 2 aromatic rings. The van der Waals surface area contributed by atoms with Gasteiger partial charge in [-0.05, 0) is 45.0 Å². The second-order valence-electron chi connectivity index (χ2n) is 5.65. The zero-order chi connectivity index (χ0) is 18.7. The van der Waals surface area contributed by atoms with Crippen LogP contribution in [0, 0.1) is 13.8 Å². The highest BCUT2D eigenvalue weighted by atomic mass is 16.5. The molecule has 1 aromatic carbocycles. The van der Waals surface area contributed by atoms with Crippen molar-refractivity contribution in [3.63, 3.8) is 0 Å². The molecule has 8 nitrogen and oxygen atoms in total. The predicted molar refractivity (Wildman–Crippen MR) is 91.1 cm³/mol. The second-order valence-corrected chi connectivity index (χ2v) is 5.65. The van der Waals surface area contributed by atoms with Crippen molar-refractivity contribution in [3.05, 3.63) is 46.8 Å². The van der Waals surface area contributed by atoms with Gasteiger partial charge in [0.25, 0.3) is 5.91 Å². The maximum Gasteiger partial charge on any atom is 0.338 e. The zero-order valence-electron chi connectivity index (χ0n) is 14.5. The van der Waals surface area contributed by atoms with Crippen LogP contribution < -0.4 is 11.1 Å². The first-order chi connectivity index (χ1) is 11.7. The predicted octanol–water partition coefficient (Wildman–Crippen LogP) is 1.32. The largest absolute Gasteiger partial charge is 0.449 e. The van der Waals surface area contributed by atoms with Crippen LogP contribution in [0.2, 0.25) is 0 Å². The van der Waals surface area contributed by atoms with Crippen molar-refractivity contribution in [2.75, 3.05) is 5.32 Å². The van der Waals surface area contributed by atoms with Crippen LogP contribution in [0.25, 0.3) is 0 Å². The summed E-state index contributed by atoms with van der Waals surface area (Å²) in [6.45, 7) is 5.08. The number of amides is 2. The van der Waals surface area contributed by atoms with Gasteiger partial charge in [0.15, 0.2) is 6.10 Å². The summed E-state index contributed by atoms with van der Waals surface area (Å²) in [7, 11) is 1.77. The molecule has 3 N–H and O–H groups in total. The van der Waals surface area contributed by atoms with Crippen LogP contribution in [-0.4, -0.2) is 33.7 Å². The highest BCUT2D eigenvalue weighted by molar-refractivity contribution is 5.98. The van der Waals surface area contributed by atoms with Gasteiger partial charge in [0.2, 0.25) is 5.91 Å². The van der Waals surface area contributed by atoms with E-state index in [9.17, 15) is 14.4 Å². The lowest BCUT2D eigenvalue weighted by molar-refractivity contribution is -0.123. The van der Waals surface area contributed by atoms with Crippen LogP contribution in [0.3, 0.4) is 0 Å². The fourth-order valence-electron chi connectivity index (χ4n) is 2.23. The Morgan fingerprint density at radius 2 is 1.72 bits per heavy atom. The highest BCUT2D eigenvalue weighted by Crippen LogP contribution is 2.19. The minimum atomic E-state index is -0.998. The Morgan fingerprint density at radius 1 is 1.16 bits per heavy atom. The van der Waals surface area contributed by atoms with Crippen LogP contribution in [0.5, 0.6) is 0 Å². The van der Waals surface area contributed by atoms with E-state index in [1.165, 1.54) is 31.2 Å². The fraction of sp³-hybridized carbons (Fsp3) is 0.294. The molecule has 0 bridgehead atoms. The number of nitrogens with one attached hydrogen (secondary N) is 1. The van der Waals surface area contributed by atoms with Crippen LogP contribution >= 0.6 is 0 Å². The Kier molecular flexibility index (Phi) is 5.21. The Balaban J connectivity index is 2.02. The number of ether oxygens (including phenoxy) is 1. The van der Waals surface area contributed by atoms with Crippen LogP contribution in [-0.2, 0) is 16.6 Å². The van der Waals surface area contributed by atoms with Crippen molar-refractivity contribution >= 4 is 23.5 Å². The van der Waals surface area contributed by atoms with Gasteiger partial charge < -0.3 is 15.8 Å².